The lowest BCUT2D eigenvalue weighted by Crippen LogP contribution is -2.23. The van der Waals surface area contributed by atoms with Gasteiger partial charge >= 0.3 is 5.97 Å². The van der Waals surface area contributed by atoms with Crippen molar-refractivity contribution in [1.29, 1.82) is 0 Å². The van der Waals surface area contributed by atoms with Crippen molar-refractivity contribution in [2.24, 2.45) is 5.92 Å². The Morgan fingerprint density at radius 1 is 1.33 bits per heavy atom. The maximum atomic E-state index is 11.8. The summed E-state index contributed by atoms with van der Waals surface area (Å²) in [6.07, 6.45) is 0. The Bertz CT molecular complexity index is 433. The van der Waals surface area contributed by atoms with Crippen molar-refractivity contribution < 1.29 is 14.3 Å². The van der Waals surface area contributed by atoms with Crippen molar-refractivity contribution in [2.45, 2.75) is 5.92 Å². The Balaban J connectivity index is 2.26. The van der Waals surface area contributed by atoms with Crippen LogP contribution >= 0.6 is 0 Å². The van der Waals surface area contributed by atoms with E-state index >= 15 is 0 Å². The van der Waals surface area contributed by atoms with E-state index < -0.39 is 0 Å². The highest BCUT2D eigenvalue weighted by Crippen LogP contribution is 2.34. The first-order valence-electron chi connectivity index (χ1n) is 6.06. The van der Waals surface area contributed by atoms with Crippen LogP contribution in [0.5, 0.6) is 5.75 Å². The number of methoxy groups -OCH3 is 2. The molecular formula is C14H19NO3. The van der Waals surface area contributed by atoms with E-state index in [1.54, 1.807) is 7.11 Å². The number of likely N-dealkylation sites (tertiary alicyclic amines) is 1. The number of hydrogen-bond donors (Lipinski definition) is 0. The summed E-state index contributed by atoms with van der Waals surface area (Å²) in [7, 11) is 5.12. The summed E-state index contributed by atoms with van der Waals surface area (Å²) in [5, 5.41) is 0. The van der Waals surface area contributed by atoms with Crippen LogP contribution in [0, 0.1) is 5.92 Å². The summed E-state index contributed by atoms with van der Waals surface area (Å²) in [5.74, 6) is 0.780. The van der Waals surface area contributed by atoms with Crippen LogP contribution in [-0.4, -0.2) is 45.2 Å². The molecule has 0 amide bonds. The van der Waals surface area contributed by atoms with Gasteiger partial charge in [-0.15, -0.1) is 0 Å². The fourth-order valence-electron chi connectivity index (χ4n) is 2.60. The van der Waals surface area contributed by atoms with Crippen LogP contribution in [0.3, 0.4) is 0 Å². The average molecular weight is 249 g/mol. The van der Waals surface area contributed by atoms with Crippen LogP contribution < -0.4 is 4.74 Å². The second kappa shape index (κ2) is 5.40. The molecule has 0 spiro atoms. The molecule has 18 heavy (non-hydrogen) atoms. The topological polar surface area (TPSA) is 38.8 Å². The normalized spacial score (nSPS) is 23.9. The zero-order valence-corrected chi connectivity index (χ0v) is 11.1. The highest BCUT2D eigenvalue weighted by molar-refractivity contribution is 5.74. The van der Waals surface area contributed by atoms with Gasteiger partial charge in [0, 0.05) is 19.0 Å². The van der Waals surface area contributed by atoms with Gasteiger partial charge < -0.3 is 14.4 Å². The molecule has 1 saturated heterocycles. The van der Waals surface area contributed by atoms with Gasteiger partial charge in [0.2, 0.25) is 0 Å². The quantitative estimate of drug-likeness (QED) is 0.761. The van der Waals surface area contributed by atoms with Crippen molar-refractivity contribution >= 4 is 5.97 Å². The predicted molar refractivity (Wildman–Crippen MR) is 68.7 cm³/mol. The molecule has 0 radical (unpaired) electrons. The lowest BCUT2D eigenvalue weighted by Gasteiger charge is -2.17. The van der Waals surface area contributed by atoms with E-state index in [0.717, 1.165) is 24.4 Å². The van der Waals surface area contributed by atoms with Crippen molar-refractivity contribution in [3.8, 4) is 5.75 Å². The van der Waals surface area contributed by atoms with Gasteiger partial charge in [-0.1, -0.05) is 12.1 Å². The summed E-state index contributed by atoms with van der Waals surface area (Å²) >= 11 is 0. The van der Waals surface area contributed by atoms with E-state index in [9.17, 15) is 4.79 Å². The molecule has 1 heterocycles. The molecule has 2 atom stereocenters. The second-order valence-corrected chi connectivity index (χ2v) is 4.73. The third-order valence-electron chi connectivity index (χ3n) is 3.53. The minimum Gasteiger partial charge on any atom is -0.497 e. The number of esters is 1. The van der Waals surface area contributed by atoms with Gasteiger partial charge in [0.15, 0.2) is 0 Å². The number of hydrogen-bond acceptors (Lipinski definition) is 4. The summed E-state index contributed by atoms with van der Waals surface area (Å²) in [6.45, 7) is 1.61. The van der Waals surface area contributed by atoms with Crippen molar-refractivity contribution in [1.82, 2.24) is 4.90 Å². The smallest absolute Gasteiger partial charge is 0.310 e. The maximum absolute atomic E-state index is 11.8. The van der Waals surface area contributed by atoms with Gasteiger partial charge in [0.1, 0.15) is 5.75 Å². The molecule has 0 saturated carbocycles. The summed E-state index contributed by atoms with van der Waals surface area (Å²) in [6, 6.07) is 7.91. The molecule has 1 aromatic rings. The fourth-order valence-corrected chi connectivity index (χ4v) is 2.60. The van der Waals surface area contributed by atoms with E-state index in [0.29, 0.717) is 0 Å². The molecule has 4 heteroatoms. The fraction of sp³-hybridized carbons (Fsp3) is 0.500. The van der Waals surface area contributed by atoms with E-state index in [2.05, 4.69) is 4.90 Å². The lowest BCUT2D eigenvalue weighted by atomic mass is 9.89. The number of nitrogens with zero attached hydrogens (tertiary/aromatic N) is 1. The molecule has 4 nitrogen and oxygen atoms in total. The first-order valence-corrected chi connectivity index (χ1v) is 6.06. The van der Waals surface area contributed by atoms with Crippen molar-refractivity contribution in [2.75, 3.05) is 34.4 Å². The van der Waals surface area contributed by atoms with Crippen LogP contribution in [-0.2, 0) is 9.53 Å². The molecule has 2 rings (SSSR count). The standard InChI is InChI=1S/C14H19NO3/c1-15-8-12(13(9-15)14(16)18-3)10-5-4-6-11(7-10)17-2/h4-7,12-13H,8-9H2,1-3H3/t12-,13+/m0/s1. The number of carbonyl (C=O) groups excluding carboxylic acids is 1. The zero-order valence-electron chi connectivity index (χ0n) is 11.1. The predicted octanol–water partition coefficient (Wildman–Crippen LogP) is 1.51. The molecule has 1 fully saturated rings. The van der Waals surface area contributed by atoms with E-state index in [1.165, 1.54) is 7.11 Å². The monoisotopic (exact) mass is 249 g/mol. The molecule has 0 unspecified atom stereocenters. The van der Waals surface area contributed by atoms with Gasteiger partial charge in [-0.3, -0.25) is 4.79 Å². The molecule has 0 aliphatic carbocycles. The Hall–Kier alpha value is -1.55. The van der Waals surface area contributed by atoms with Crippen LogP contribution in [0.2, 0.25) is 0 Å². The first-order chi connectivity index (χ1) is 8.65. The van der Waals surface area contributed by atoms with Crippen molar-refractivity contribution in [3.05, 3.63) is 29.8 Å². The average Bonchev–Trinajstić information content (AvgIpc) is 2.80. The highest BCUT2D eigenvalue weighted by atomic mass is 16.5. The summed E-state index contributed by atoms with van der Waals surface area (Å²) in [4.78, 5) is 14.0. The third-order valence-corrected chi connectivity index (χ3v) is 3.53. The Morgan fingerprint density at radius 2 is 2.11 bits per heavy atom. The van der Waals surface area contributed by atoms with Gasteiger partial charge in [-0.05, 0) is 24.7 Å². The van der Waals surface area contributed by atoms with Crippen molar-refractivity contribution in [3.63, 3.8) is 0 Å². The minimum atomic E-state index is -0.132. The van der Waals surface area contributed by atoms with Crippen LogP contribution in [0.15, 0.2) is 24.3 Å². The minimum absolute atomic E-state index is 0.0906. The maximum Gasteiger partial charge on any atom is 0.310 e. The molecule has 0 N–H and O–H groups in total. The molecular weight excluding hydrogens is 230 g/mol. The number of benzene rings is 1. The Morgan fingerprint density at radius 3 is 2.78 bits per heavy atom. The first kappa shape index (κ1) is 12.9. The largest absolute Gasteiger partial charge is 0.497 e. The van der Waals surface area contributed by atoms with Gasteiger partial charge in [-0.2, -0.15) is 0 Å². The number of likely N-dealkylation sites (N-methyl/N-ethyl adjacent to an activating group) is 1. The van der Waals surface area contributed by atoms with E-state index in [-0.39, 0.29) is 17.8 Å². The second-order valence-electron chi connectivity index (χ2n) is 4.73. The van der Waals surface area contributed by atoms with Crippen LogP contribution in [0.25, 0.3) is 0 Å². The SMILES string of the molecule is COC(=O)[C@@H]1CN(C)C[C@H]1c1cccc(OC)c1. The van der Waals surface area contributed by atoms with Gasteiger partial charge in [0.25, 0.3) is 0 Å². The molecule has 0 bridgehead atoms. The Labute approximate surface area is 107 Å². The number of ether oxygens (including phenoxy) is 2. The summed E-state index contributed by atoms with van der Waals surface area (Å²) < 4.78 is 10.1. The number of carbonyl (C=O) groups is 1. The third kappa shape index (κ3) is 2.48. The lowest BCUT2D eigenvalue weighted by molar-refractivity contribution is -0.145. The van der Waals surface area contributed by atoms with Crippen LogP contribution in [0.1, 0.15) is 11.5 Å². The van der Waals surface area contributed by atoms with Gasteiger partial charge in [0.05, 0.1) is 20.1 Å². The molecule has 1 aliphatic heterocycles. The highest BCUT2D eigenvalue weighted by Gasteiger charge is 2.37. The zero-order chi connectivity index (χ0) is 13.1. The summed E-state index contributed by atoms with van der Waals surface area (Å²) in [5.41, 5.74) is 1.13. The molecule has 0 aromatic heterocycles. The van der Waals surface area contributed by atoms with Gasteiger partial charge in [-0.25, -0.2) is 0 Å². The Kier molecular flexibility index (Phi) is 3.87. The molecule has 1 aromatic carbocycles. The van der Waals surface area contributed by atoms with Crippen LogP contribution in [0.4, 0.5) is 0 Å². The molecule has 1 aliphatic rings. The molecule has 98 valence electrons. The van der Waals surface area contributed by atoms with E-state index in [1.807, 2.05) is 31.3 Å². The number of rotatable bonds is 3. The van der Waals surface area contributed by atoms with E-state index in [4.69, 9.17) is 9.47 Å².